The maximum atomic E-state index is 12.8. The molecule has 2 aromatic rings. The summed E-state index contributed by atoms with van der Waals surface area (Å²) in [7, 11) is 0. The Morgan fingerprint density at radius 2 is 1.93 bits per heavy atom. The summed E-state index contributed by atoms with van der Waals surface area (Å²) in [5.41, 5.74) is 3.70. The average Bonchev–Trinajstić information content (AvgIpc) is 2.79. The predicted octanol–water partition coefficient (Wildman–Crippen LogP) is 2.69. The van der Waals surface area contributed by atoms with Crippen LogP contribution >= 0.6 is 0 Å². The maximum Gasteiger partial charge on any atom is 0.227 e. The molecule has 6 nitrogen and oxygen atoms in total. The van der Waals surface area contributed by atoms with Crippen LogP contribution in [0.2, 0.25) is 0 Å². The maximum absolute atomic E-state index is 12.8. The summed E-state index contributed by atoms with van der Waals surface area (Å²) in [5.74, 6) is 2.06. The summed E-state index contributed by atoms with van der Waals surface area (Å²) in [6.07, 6.45) is 9.00. The largest absolute Gasteiger partial charge is 0.492 e. The average molecular weight is 393 g/mol. The van der Waals surface area contributed by atoms with Crippen LogP contribution in [0.1, 0.15) is 42.5 Å². The fraction of sp³-hybridized carbons (Fsp3) is 0.522. The Balaban J connectivity index is 1.17. The zero-order chi connectivity index (χ0) is 19.6. The number of para-hydroxylation sites is 1. The highest BCUT2D eigenvalue weighted by Crippen LogP contribution is 2.30. The number of nitrogens with one attached hydrogen (secondary N) is 1. The lowest BCUT2D eigenvalue weighted by molar-refractivity contribution is -0.127. The third-order valence-corrected chi connectivity index (χ3v) is 6.49. The number of aryl methyl sites for hydroxylation is 1. The topological polar surface area (TPSA) is 67.4 Å². The standard InChI is InChI=1S/C23H28N4O2/c28-23(17-13-16-5-1-4-8-21(16)29-14-17)26-18-9-11-27(12-10-18)22-19-6-2-3-7-20(19)24-15-25-22/h1,4-5,8,15,17-18H,2-3,6-7,9-14H2,(H,26,28). The molecule has 1 unspecified atom stereocenters. The number of carbonyl (C=O) groups is 1. The molecule has 1 fully saturated rings. The van der Waals surface area contributed by atoms with E-state index < -0.39 is 0 Å². The van der Waals surface area contributed by atoms with Crippen LogP contribution in [0.3, 0.4) is 0 Å². The molecule has 2 aliphatic heterocycles. The zero-order valence-electron chi connectivity index (χ0n) is 16.8. The van der Waals surface area contributed by atoms with Gasteiger partial charge in [0.05, 0.1) is 5.92 Å². The van der Waals surface area contributed by atoms with Crippen molar-refractivity contribution in [1.82, 2.24) is 15.3 Å². The second kappa shape index (κ2) is 8.01. The minimum Gasteiger partial charge on any atom is -0.492 e. The van der Waals surface area contributed by atoms with E-state index >= 15 is 0 Å². The smallest absolute Gasteiger partial charge is 0.227 e. The molecule has 0 radical (unpaired) electrons. The van der Waals surface area contributed by atoms with Crippen molar-refractivity contribution >= 4 is 11.7 Å². The molecule has 6 heteroatoms. The molecule has 0 spiro atoms. The Morgan fingerprint density at radius 1 is 1.10 bits per heavy atom. The minimum atomic E-state index is -0.100. The molecule has 0 bridgehead atoms. The highest BCUT2D eigenvalue weighted by molar-refractivity contribution is 5.80. The van der Waals surface area contributed by atoms with E-state index in [0.29, 0.717) is 6.61 Å². The molecule has 1 aliphatic carbocycles. The Labute approximate surface area is 171 Å². The van der Waals surface area contributed by atoms with Crippen molar-refractivity contribution in [1.29, 1.82) is 0 Å². The summed E-state index contributed by atoms with van der Waals surface area (Å²) in [6.45, 7) is 2.32. The van der Waals surface area contributed by atoms with Gasteiger partial charge in [-0.2, -0.15) is 0 Å². The molecular weight excluding hydrogens is 364 g/mol. The van der Waals surface area contributed by atoms with Gasteiger partial charge in [-0.25, -0.2) is 9.97 Å². The molecule has 3 heterocycles. The van der Waals surface area contributed by atoms with Crippen molar-refractivity contribution in [2.45, 2.75) is 51.0 Å². The van der Waals surface area contributed by atoms with Crippen molar-refractivity contribution in [3.05, 3.63) is 47.4 Å². The van der Waals surface area contributed by atoms with Gasteiger partial charge >= 0.3 is 0 Å². The first-order valence-corrected chi connectivity index (χ1v) is 10.9. The van der Waals surface area contributed by atoms with Gasteiger partial charge in [-0.15, -0.1) is 0 Å². The normalized spacial score (nSPS) is 21.7. The third kappa shape index (κ3) is 3.80. The molecule has 152 valence electrons. The minimum absolute atomic E-state index is 0.100. The highest BCUT2D eigenvalue weighted by Gasteiger charge is 2.29. The first-order valence-electron chi connectivity index (χ1n) is 10.9. The van der Waals surface area contributed by atoms with Gasteiger partial charge in [0.1, 0.15) is 24.5 Å². The van der Waals surface area contributed by atoms with Crippen LogP contribution in [0.25, 0.3) is 0 Å². The van der Waals surface area contributed by atoms with Crippen LogP contribution in [0, 0.1) is 5.92 Å². The second-order valence-electron chi connectivity index (χ2n) is 8.42. The third-order valence-electron chi connectivity index (χ3n) is 6.49. The van der Waals surface area contributed by atoms with E-state index in [9.17, 15) is 4.79 Å². The Bertz CT molecular complexity index is 892. The predicted molar refractivity (Wildman–Crippen MR) is 111 cm³/mol. The molecule has 1 aromatic heterocycles. The van der Waals surface area contributed by atoms with Gasteiger partial charge in [-0.3, -0.25) is 4.79 Å². The number of piperidine rings is 1. The van der Waals surface area contributed by atoms with E-state index in [1.165, 1.54) is 24.1 Å². The fourth-order valence-electron chi connectivity index (χ4n) is 4.83. The van der Waals surface area contributed by atoms with E-state index in [1.54, 1.807) is 6.33 Å². The lowest BCUT2D eigenvalue weighted by atomic mass is 9.94. The molecule has 1 amide bonds. The van der Waals surface area contributed by atoms with E-state index in [4.69, 9.17) is 4.74 Å². The summed E-state index contributed by atoms with van der Waals surface area (Å²) in [6, 6.07) is 8.24. The van der Waals surface area contributed by atoms with Gasteiger partial charge in [0.25, 0.3) is 0 Å². The molecule has 1 saturated heterocycles. The van der Waals surface area contributed by atoms with Gasteiger partial charge in [0, 0.05) is 30.4 Å². The van der Waals surface area contributed by atoms with E-state index in [0.717, 1.165) is 62.3 Å². The number of anilines is 1. The summed E-state index contributed by atoms with van der Waals surface area (Å²) < 4.78 is 5.79. The van der Waals surface area contributed by atoms with Crippen molar-refractivity contribution in [2.75, 3.05) is 24.6 Å². The van der Waals surface area contributed by atoms with Crippen LogP contribution in [0.15, 0.2) is 30.6 Å². The van der Waals surface area contributed by atoms with Gasteiger partial charge < -0.3 is 15.0 Å². The van der Waals surface area contributed by atoms with Crippen LogP contribution in [-0.2, 0) is 24.1 Å². The van der Waals surface area contributed by atoms with Crippen LogP contribution < -0.4 is 15.0 Å². The number of hydrogen-bond donors (Lipinski definition) is 1. The summed E-state index contributed by atoms with van der Waals surface area (Å²) in [4.78, 5) is 24.3. The molecular formula is C23H28N4O2. The van der Waals surface area contributed by atoms with E-state index in [2.05, 4.69) is 26.3 Å². The number of rotatable bonds is 3. The Morgan fingerprint density at radius 3 is 2.83 bits per heavy atom. The number of hydrogen-bond acceptors (Lipinski definition) is 5. The number of fused-ring (bicyclic) bond motifs is 2. The van der Waals surface area contributed by atoms with Gasteiger partial charge in [-0.05, 0) is 56.6 Å². The molecule has 1 aromatic carbocycles. The number of ether oxygens (including phenoxy) is 1. The second-order valence-corrected chi connectivity index (χ2v) is 8.42. The SMILES string of the molecule is O=C(NC1CCN(c2ncnc3c2CCCC3)CC1)C1COc2ccccc2C1. The van der Waals surface area contributed by atoms with Crippen molar-refractivity contribution in [3.8, 4) is 5.75 Å². The molecule has 29 heavy (non-hydrogen) atoms. The molecule has 1 atom stereocenters. The van der Waals surface area contributed by atoms with E-state index in [-0.39, 0.29) is 17.9 Å². The van der Waals surface area contributed by atoms with Crippen LogP contribution in [0.4, 0.5) is 5.82 Å². The monoisotopic (exact) mass is 392 g/mol. The van der Waals surface area contributed by atoms with Crippen molar-refractivity contribution in [3.63, 3.8) is 0 Å². The molecule has 0 saturated carbocycles. The Kier molecular flexibility index (Phi) is 5.08. The van der Waals surface area contributed by atoms with E-state index in [1.807, 2.05) is 18.2 Å². The number of benzene rings is 1. The van der Waals surface area contributed by atoms with Crippen LogP contribution in [0.5, 0.6) is 5.75 Å². The molecule has 1 N–H and O–H groups in total. The first kappa shape index (κ1) is 18.4. The summed E-state index contributed by atoms with van der Waals surface area (Å²) >= 11 is 0. The lowest BCUT2D eigenvalue weighted by Crippen LogP contribution is -2.48. The molecule has 5 rings (SSSR count). The number of amides is 1. The number of aromatic nitrogens is 2. The van der Waals surface area contributed by atoms with Crippen molar-refractivity contribution < 1.29 is 9.53 Å². The Hall–Kier alpha value is -2.63. The lowest BCUT2D eigenvalue weighted by Gasteiger charge is -2.35. The van der Waals surface area contributed by atoms with Gasteiger partial charge in [0.15, 0.2) is 0 Å². The number of nitrogens with zero attached hydrogens (tertiary/aromatic N) is 3. The summed E-state index contributed by atoms with van der Waals surface area (Å²) in [5, 5.41) is 3.28. The van der Waals surface area contributed by atoms with Crippen LogP contribution in [-0.4, -0.2) is 41.6 Å². The van der Waals surface area contributed by atoms with Crippen molar-refractivity contribution in [2.24, 2.45) is 5.92 Å². The number of carbonyl (C=O) groups excluding carboxylic acids is 1. The van der Waals surface area contributed by atoms with Gasteiger partial charge in [-0.1, -0.05) is 18.2 Å². The fourth-order valence-corrected chi connectivity index (χ4v) is 4.83. The molecule has 3 aliphatic rings. The zero-order valence-corrected chi connectivity index (χ0v) is 16.8. The van der Waals surface area contributed by atoms with Gasteiger partial charge in [0.2, 0.25) is 5.91 Å². The quantitative estimate of drug-likeness (QED) is 0.870. The first-order chi connectivity index (χ1) is 14.3. The highest BCUT2D eigenvalue weighted by atomic mass is 16.5.